The van der Waals surface area contributed by atoms with Crippen LogP contribution in [0.15, 0.2) is 47.1 Å². The number of hydrogen-bond donors (Lipinski definition) is 2. The molecule has 2 aromatic rings. The first-order valence-electron chi connectivity index (χ1n) is 5.84. The number of benzene rings is 1. The molecule has 98 valence electrons. The monoisotopic (exact) mass is 319 g/mol. The van der Waals surface area contributed by atoms with Crippen LogP contribution >= 0.6 is 15.9 Å². The highest BCUT2D eigenvalue weighted by Gasteiger charge is 2.14. The Morgan fingerprint density at radius 2 is 2.16 bits per heavy atom. The molecule has 0 saturated carbocycles. The molecule has 1 aromatic heterocycles. The van der Waals surface area contributed by atoms with Gasteiger partial charge in [0.15, 0.2) is 0 Å². The van der Waals surface area contributed by atoms with Gasteiger partial charge in [-0.3, -0.25) is 9.78 Å². The molecule has 0 spiro atoms. The van der Waals surface area contributed by atoms with Crippen molar-refractivity contribution in [3.63, 3.8) is 0 Å². The van der Waals surface area contributed by atoms with Crippen LogP contribution in [0.3, 0.4) is 0 Å². The van der Waals surface area contributed by atoms with E-state index in [1.165, 1.54) is 0 Å². The number of aromatic nitrogens is 1. The summed E-state index contributed by atoms with van der Waals surface area (Å²) >= 11 is 3.33. The fraction of sp³-hybridized carbons (Fsp3) is 0.143. The Morgan fingerprint density at radius 3 is 2.84 bits per heavy atom. The van der Waals surface area contributed by atoms with Gasteiger partial charge in [-0.2, -0.15) is 0 Å². The standard InChI is InChI=1S/C14H14BrN3O/c1-9(13-4-2-3-7-17-13)18-14(19)11-8-10(15)5-6-12(11)16/h2-9H,16H2,1H3,(H,18,19)/t9-/m0/s1. The Labute approximate surface area is 120 Å². The van der Waals surface area contributed by atoms with Crippen molar-refractivity contribution in [3.05, 3.63) is 58.3 Å². The van der Waals surface area contributed by atoms with Gasteiger partial charge in [0.05, 0.1) is 17.3 Å². The van der Waals surface area contributed by atoms with Crippen molar-refractivity contribution in [1.29, 1.82) is 0 Å². The summed E-state index contributed by atoms with van der Waals surface area (Å²) in [7, 11) is 0. The fourth-order valence-electron chi connectivity index (χ4n) is 1.71. The van der Waals surface area contributed by atoms with Crippen LogP contribution in [0.2, 0.25) is 0 Å². The third kappa shape index (κ3) is 3.32. The molecule has 0 aliphatic rings. The molecule has 0 aliphatic carbocycles. The van der Waals surface area contributed by atoms with Crippen molar-refractivity contribution in [3.8, 4) is 0 Å². The van der Waals surface area contributed by atoms with Crippen LogP contribution in [-0.4, -0.2) is 10.9 Å². The molecule has 1 atom stereocenters. The van der Waals surface area contributed by atoms with E-state index in [2.05, 4.69) is 26.2 Å². The zero-order valence-corrected chi connectivity index (χ0v) is 12.0. The average molecular weight is 320 g/mol. The summed E-state index contributed by atoms with van der Waals surface area (Å²) in [6.07, 6.45) is 1.70. The summed E-state index contributed by atoms with van der Waals surface area (Å²) in [5.41, 5.74) is 7.53. The van der Waals surface area contributed by atoms with Crippen molar-refractivity contribution in [2.45, 2.75) is 13.0 Å². The summed E-state index contributed by atoms with van der Waals surface area (Å²) < 4.78 is 0.817. The minimum Gasteiger partial charge on any atom is -0.398 e. The highest BCUT2D eigenvalue weighted by Crippen LogP contribution is 2.19. The Morgan fingerprint density at radius 1 is 1.37 bits per heavy atom. The number of pyridine rings is 1. The SMILES string of the molecule is C[C@H](NC(=O)c1cc(Br)ccc1N)c1ccccn1. The van der Waals surface area contributed by atoms with Gasteiger partial charge in [0.1, 0.15) is 0 Å². The smallest absolute Gasteiger partial charge is 0.253 e. The third-order valence-corrected chi connectivity index (χ3v) is 3.23. The summed E-state index contributed by atoms with van der Waals surface area (Å²) in [6.45, 7) is 1.88. The highest BCUT2D eigenvalue weighted by atomic mass is 79.9. The largest absolute Gasteiger partial charge is 0.398 e. The lowest BCUT2D eigenvalue weighted by Gasteiger charge is -2.14. The van der Waals surface area contributed by atoms with E-state index in [0.717, 1.165) is 10.2 Å². The van der Waals surface area contributed by atoms with Gasteiger partial charge in [-0.05, 0) is 37.3 Å². The second-order valence-electron chi connectivity index (χ2n) is 4.18. The lowest BCUT2D eigenvalue weighted by Crippen LogP contribution is -2.27. The van der Waals surface area contributed by atoms with E-state index in [1.807, 2.05) is 25.1 Å². The zero-order chi connectivity index (χ0) is 13.8. The summed E-state index contributed by atoms with van der Waals surface area (Å²) in [5, 5.41) is 2.88. The molecule has 1 aromatic carbocycles. The predicted octanol–water partition coefficient (Wildman–Crippen LogP) is 2.92. The molecule has 1 amide bonds. The van der Waals surface area contributed by atoms with Gasteiger partial charge in [0.2, 0.25) is 0 Å². The lowest BCUT2D eigenvalue weighted by atomic mass is 10.1. The Bertz CT molecular complexity index is 586. The second-order valence-corrected chi connectivity index (χ2v) is 5.10. The van der Waals surface area contributed by atoms with Gasteiger partial charge < -0.3 is 11.1 Å². The molecule has 0 unspecified atom stereocenters. The van der Waals surface area contributed by atoms with Crippen LogP contribution in [0.4, 0.5) is 5.69 Å². The van der Waals surface area contributed by atoms with E-state index < -0.39 is 0 Å². The Kier molecular flexibility index (Phi) is 4.16. The van der Waals surface area contributed by atoms with E-state index in [4.69, 9.17) is 5.73 Å². The number of carbonyl (C=O) groups excluding carboxylic acids is 1. The Hall–Kier alpha value is -1.88. The maximum absolute atomic E-state index is 12.2. The van der Waals surface area contributed by atoms with E-state index in [1.54, 1.807) is 24.4 Å². The molecule has 2 rings (SSSR count). The molecule has 0 fully saturated rings. The number of hydrogen-bond acceptors (Lipinski definition) is 3. The van der Waals surface area contributed by atoms with Gasteiger partial charge in [0.25, 0.3) is 5.91 Å². The van der Waals surface area contributed by atoms with Crippen LogP contribution in [0.25, 0.3) is 0 Å². The molecular weight excluding hydrogens is 306 g/mol. The molecule has 0 bridgehead atoms. The van der Waals surface area contributed by atoms with Gasteiger partial charge >= 0.3 is 0 Å². The quantitative estimate of drug-likeness (QED) is 0.855. The minimum atomic E-state index is -0.211. The molecule has 1 heterocycles. The topological polar surface area (TPSA) is 68.0 Å². The van der Waals surface area contributed by atoms with Gasteiger partial charge in [0, 0.05) is 16.4 Å². The first-order valence-corrected chi connectivity index (χ1v) is 6.64. The van der Waals surface area contributed by atoms with Gasteiger partial charge in [-0.15, -0.1) is 0 Å². The molecule has 3 N–H and O–H groups in total. The fourth-order valence-corrected chi connectivity index (χ4v) is 2.07. The summed E-state index contributed by atoms with van der Waals surface area (Å²) in [6, 6.07) is 10.6. The summed E-state index contributed by atoms with van der Waals surface area (Å²) in [5.74, 6) is -0.211. The number of amides is 1. The molecule has 0 saturated heterocycles. The predicted molar refractivity (Wildman–Crippen MR) is 78.7 cm³/mol. The van der Waals surface area contributed by atoms with Gasteiger partial charge in [-0.25, -0.2) is 0 Å². The van der Waals surface area contributed by atoms with E-state index >= 15 is 0 Å². The number of nitrogens with one attached hydrogen (secondary N) is 1. The lowest BCUT2D eigenvalue weighted by molar-refractivity contribution is 0.0940. The van der Waals surface area contributed by atoms with E-state index in [-0.39, 0.29) is 11.9 Å². The Balaban J connectivity index is 2.15. The van der Waals surface area contributed by atoms with Crippen molar-refractivity contribution in [1.82, 2.24) is 10.3 Å². The number of anilines is 1. The van der Waals surface area contributed by atoms with Crippen molar-refractivity contribution in [2.75, 3.05) is 5.73 Å². The molecule has 0 aliphatic heterocycles. The third-order valence-electron chi connectivity index (χ3n) is 2.74. The average Bonchev–Trinajstić information content (AvgIpc) is 2.42. The number of nitrogens with zero attached hydrogens (tertiary/aromatic N) is 1. The number of nitrogen functional groups attached to an aromatic ring is 1. The second kappa shape index (κ2) is 5.84. The molecule has 4 nitrogen and oxygen atoms in total. The van der Waals surface area contributed by atoms with Crippen molar-refractivity contribution >= 4 is 27.5 Å². The van der Waals surface area contributed by atoms with Crippen LogP contribution in [-0.2, 0) is 0 Å². The van der Waals surface area contributed by atoms with Gasteiger partial charge in [-0.1, -0.05) is 22.0 Å². The van der Waals surface area contributed by atoms with Crippen LogP contribution in [0.5, 0.6) is 0 Å². The first-order chi connectivity index (χ1) is 9.08. The van der Waals surface area contributed by atoms with Crippen LogP contribution in [0, 0.1) is 0 Å². The van der Waals surface area contributed by atoms with Crippen molar-refractivity contribution < 1.29 is 4.79 Å². The van der Waals surface area contributed by atoms with Crippen LogP contribution < -0.4 is 11.1 Å². The minimum absolute atomic E-state index is 0.174. The number of nitrogens with two attached hydrogens (primary N) is 1. The molecule has 19 heavy (non-hydrogen) atoms. The van der Waals surface area contributed by atoms with Crippen LogP contribution in [0.1, 0.15) is 29.0 Å². The normalized spacial score (nSPS) is 11.9. The molecule has 0 radical (unpaired) electrons. The van der Waals surface area contributed by atoms with E-state index in [0.29, 0.717) is 11.3 Å². The van der Waals surface area contributed by atoms with E-state index in [9.17, 15) is 4.79 Å². The number of rotatable bonds is 3. The number of halogens is 1. The highest BCUT2D eigenvalue weighted by molar-refractivity contribution is 9.10. The zero-order valence-electron chi connectivity index (χ0n) is 10.4. The number of carbonyl (C=O) groups is 1. The maximum Gasteiger partial charge on any atom is 0.253 e. The summed E-state index contributed by atoms with van der Waals surface area (Å²) in [4.78, 5) is 16.4. The maximum atomic E-state index is 12.2. The first kappa shape index (κ1) is 13.5. The van der Waals surface area contributed by atoms with Crippen molar-refractivity contribution in [2.24, 2.45) is 0 Å². The molecule has 5 heteroatoms. The molecular formula is C14H14BrN3O.